The number of hydrogen-bond donors (Lipinski definition) is 0. The summed E-state index contributed by atoms with van der Waals surface area (Å²) in [7, 11) is 0. The summed E-state index contributed by atoms with van der Waals surface area (Å²) >= 11 is 0. The van der Waals surface area contributed by atoms with Crippen LogP contribution in [0.3, 0.4) is 0 Å². The van der Waals surface area contributed by atoms with Crippen molar-refractivity contribution in [2.75, 3.05) is 39.4 Å². The second-order valence-electron chi connectivity index (χ2n) is 6.64. The predicted octanol–water partition coefficient (Wildman–Crippen LogP) is 0.516. The third kappa shape index (κ3) is 2.14. The molecule has 4 rings (SSSR count). The predicted molar refractivity (Wildman–Crippen MR) is 76.3 cm³/mol. The van der Waals surface area contributed by atoms with Gasteiger partial charge in [0.25, 0.3) is 0 Å². The lowest BCUT2D eigenvalue weighted by Crippen LogP contribution is -2.39. The molecule has 2 aliphatic carbocycles. The number of imide groups is 1. The highest BCUT2D eigenvalue weighted by Gasteiger charge is 2.58. The molecule has 4 atom stereocenters. The van der Waals surface area contributed by atoms with Gasteiger partial charge in [0.15, 0.2) is 0 Å². The van der Waals surface area contributed by atoms with Crippen molar-refractivity contribution in [2.45, 2.75) is 12.8 Å². The van der Waals surface area contributed by atoms with Gasteiger partial charge in [-0.25, -0.2) is 0 Å². The number of nitrogens with zero attached hydrogens (tertiary/aromatic N) is 2. The molecule has 0 N–H and O–H groups in total. The standard InChI is InChI=1S/C16H22N2O3/c19-15-13-11-2-3-12(10-11)14(13)16(20)18(15)5-1-4-17-6-8-21-9-7-17/h2-3,11-14H,1,4-10H2. The van der Waals surface area contributed by atoms with E-state index in [1.54, 1.807) is 4.90 Å². The molecule has 1 saturated carbocycles. The highest BCUT2D eigenvalue weighted by Crippen LogP contribution is 2.52. The van der Waals surface area contributed by atoms with Gasteiger partial charge in [-0.05, 0) is 24.7 Å². The summed E-state index contributed by atoms with van der Waals surface area (Å²) in [5.74, 6) is 0.723. The number of rotatable bonds is 4. The quantitative estimate of drug-likeness (QED) is 0.559. The van der Waals surface area contributed by atoms with Crippen LogP contribution in [-0.2, 0) is 14.3 Å². The van der Waals surface area contributed by atoms with Crippen LogP contribution in [0.2, 0.25) is 0 Å². The van der Waals surface area contributed by atoms with E-state index in [4.69, 9.17) is 4.74 Å². The number of morpholine rings is 1. The van der Waals surface area contributed by atoms with Crippen molar-refractivity contribution in [1.82, 2.24) is 9.80 Å². The van der Waals surface area contributed by atoms with E-state index < -0.39 is 0 Å². The fourth-order valence-corrected chi connectivity index (χ4v) is 4.46. The molecule has 2 heterocycles. The Hall–Kier alpha value is -1.20. The minimum absolute atomic E-state index is 0.0455. The molecule has 5 heteroatoms. The molecule has 4 aliphatic rings. The molecule has 2 bridgehead atoms. The summed E-state index contributed by atoms with van der Waals surface area (Å²) < 4.78 is 5.33. The number of carbonyl (C=O) groups is 2. The largest absolute Gasteiger partial charge is 0.379 e. The average molecular weight is 290 g/mol. The van der Waals surface area contributed by atoms with Crippen molar-refractivity contribution >= 4 is 11.8 Å². The van der Waals surface area contributed by atoms with Gasteiger partial charge in [-0.1, -0.05) is 12.2 Å². The molecule has 2 saturated heterocycles. The Morgan fingerprint density at radius 3 is 2.24 bits per heavy atom. The Balaban J connectivity index is 1.34. The van der Waals surface area contributed by atoms with Gasteiger partial charge in [0.1, 0.15) is 0 Å². The fraction of sp³-hybridized carbons (Fsp3) is 0.750. The van der Waals surface area contributed by atoms with Gasteiger partial charge in [-0.2, -0.15) is 0 Å². The van der Waals surface area contributed by atoms with Crippen LogP contribution < -0.4 is 0 Å². The van der Waals surface area contributed by atoms with E-state index in [1.165, 1.54) is 0 Å². The van der Waals surface area contributed by atoms with E-state index in [0.717, 1.165) is 45.7 Å². The highest BCUT2D eigenvalue weighted by molar-refractivity contribution is 6.06. The number of amides is 2. The van der Waals surface area contributed by atoms with E-state index >= 15 is 0 Å². The van der Waals surface area contributed by atoms with Crippen molar-refractivity contribution in [3.8, 4) is 0 Å². The fourth-order valence-electron chi connectivity index (χ4n) is 4.46. The van der Waals surface area contributed by atoms with Gasteiger partial charge in [0.05, 0.1) is 25.0 Å². The number of hydrogen-bond acceptors (Lipinski definition) is 4. The highest BCUT2D eigenvalue weighted by atomic mass is 16.5. The Bertz CT molecular complexity index is 454. The second-order valence-corrected chi connectivity index (χ2v) is 6.64. The van der Waals surface area contributed by atoms with Gasteiger partial charge in [0.2, 0.25) is 11.8 Å². The van der Waals surface area contributed by atoms with Crippen molar-refractivity contribution in [1.29, 1.82) is 0 Å². The van der Waals surface area contributed by atoms with Crippen molar-refractivity contribution in [2.24, 2.45) is 23.7 Å². The summed E-state index contributed by atoms with van der Waals surface area (Å²) in [5.41, 5.74) is 0. The van der Waals surface area contributed by atoms with Crippen molar-refractivity contribution in [3.63, 3.8) is 0 Å². The summed E-state index contributed by atoms with van der Waals surface area (Å²) in [6.45, 7) is 5.03. The van der Waals surface area contributed by atoms with Crippen molar-refractivity contribution in [3.05, 3.63) is 12.2 Å². The van der Waals surface area contributed by atoms with Gasteiger partial charge in [-0.3, -0.25) is 19.4 Å². The van der Waals surface area contributed by atoms with Crippen LogP contribution in [0.1, 0.15) is 12.8 Å². The summed E-state index contributed by atoms with van der Waals surface area (Å²) in [6.07, 6.45) is 6.18. The molecule has 3 fully saturated rings. The molecule has 114 valence electrons. The third-order valence-electron chi connectivity index (χ3n) is 5.52. The zero-order chi connectivity index (χ0) is 14.4. The topological polar surface area (TPSA) is 49.9 Å². The van der Waals surface area contributed by atoms with E-state index in [9.17, 15) is 9.59 Å². The first-order chi connectivity index (χ1) is 10.3. The first kappa shape index (κ1) is 13.5. The van der Waals surface area contributed by atoms with E-state index in [0.29, 0.717) is 18.4 Å². The molecule has 2 amide bonds. The average Bonchev–Trinajstić information content (AvgIpc) is 3.17. The molecule has 0 aromatic rings. The van der Waals surface area contributed by atoms with Crippen LogP contribution in [0.4, 0.5) is 0 Å². The lowest BCUT2D eigenvalue weighted by molar-refractivity contribution is -0.140. The molecule has 4 unspecified atom stereocenters. The molecule has 2 aliphatic heterocycles. The number of ether oxygens (including phenoxy) is 1. The van der Waals surface area contributed by atoms with Gasteiger partial charge in [-0.15, -0.1) is 0 Å². The molecule has 0 aromatic heterocycles. The minimum atomic E-state index is -0.0455. The third-order valence-corrected chi connectivity index (χ3v) is 5.52. The maximum atomic E-state index is 12.5. The monoisotopic (exact) mass is 290 g/mol. The zero-order valence-corrected chi connectivity index (χ0v) is 12.2. The number of likely N-dealkylation sites (tertiary alicyclic amines) is 1. The molecule has 0 radical (unpaired) electrons. The van der Waals surface area contributed by atoms with Gasteiger partial charge < -0.3 is 4.74 Å². The van der Waals surface area contributed by atoms with Crippen molar-refractivity contribution < 1.29 is 14.3 Å². The normalized spacial score (nSPS) is 38.6. The van der Waals surface area contributed by atoms with Crippen LogP contribution in [0.15, 0.2) is 12.2 Å². The molecule has 0 spiro atoms. The lowest BCUT2D eigenvalue weighted by atomic mass is 9.85. The van der Waals surface area contributed by atoms with Gasteiger partial charge >= 0.3 is 0 Å². The Morgan fingerprint density at radius 1 is 1.00 bits per heavy atom. The second kappa shape index (κ2) is 5.21. The minimum Gasteiger partial charge on any atom is -0.379 e. The lowest BCUT2D eigenvalue weighted by Gasteiger charge is -2.27. The van der Waals surface area contributed by atoms with E-state index in [2.05, 4.69) is 17.1 Å². The van der Waals surface area contributed by atoms with Crippen LogP contribution in [0.5, 0.6) is 0 Å². The van der Waals surface area contributed by atoms with Crippen LogP contribution in [0, 0.1) is 23.7 Å². The number of fused-ring (bicyclic) bond motifs is 5. The molecule has 5 nitrogen and oxygen atoms in total. The Labute approximate surface area is 124 Å². The maximum Gasteiger partial charge on any atom is 0.233 e. The van der Waals surface area contributed by atoms with Crippen LogP contribution in [-0.4, -0.2) is 61.0 Å². The molecule has 0 aromatic carbocycles. The Morgan fingerprint density at radius 2 is 1.62 bits per heavy atom. The summed E-state index contributed by atoms with van der Waals surface area (Å²) in [4.78, 5) is 28.9. The smallest absolute Gasteiger partial charge is 0.233 e. The first-order valence-electron chi connectivity index (χ1n) is 8.09. The first-order valence-corrected chi connectivity index (χ1v) is 8.09. The molecular formula is C16H22N2O3. The zero-order valence-electron chi connectivity index (χ0n) is 12.2. The summed E-state index contributed by atoms with van der Waals surface area (Å²) in [6, 6.07) is 0. The summed E-state index contributed by atoms with van der Waals surface area (Å²) in [5, 5.41) is 0. The number of carbonyl (C=O) groups excluding carboxylic acids is 2. The number of allylic oxidation sites excluding steroid dienone is 2. The van der Waals surface area contributed by atoms with E-state index in [-0.39, 0.29) is 23.7 Å². The van der Waals surface area contributed by atoms with E-state index in [1.807, 2.05) is 0 Å². The maximum absolute atomic E-state index is 12.5. The van der Waals surface area contributed by atoms with Crippen LogP contribution in [0.25, 0.3) is 0 Å². The molecular weight excluding hydrogens is 268 g/mol. The van der Waals surface area contributed by atoms with Crippen LogP contribution >= 0.6 is 0 Å². The molecule has 21 heavy (non-hydrogen) atoms. The SMILES string of the molecule is O=C1C2C3C=CC(C3)C2C(=O)N1CCCN1CCOCC1. The Kier molecular flexibility index (Phi) is 3.34. The van der Waals surface area contributed by atoms with Gasteiger partial charge in [0, 0.05) is 26.2 Å².